The second-order valence-corrected chi connectivity index (χ2v) is 5.64. The molecule has 0 aliphatic rings. The molecule has 0 fully saturated rings. The molecule has 0 spiro atoms. The van der Waals surface area contributed by atoms with Crippen molar-refractivity contribution >= 4 is 11.6 Å². The van der Waals surface area contributed by atoms with Crippen LogP contribution in [-0.4, -0.2) is 32.1 Å². The quantitative estimate of drug-likeness (QED) is 0.551. The van der Waals surface area contributed by atoms with E-state index in [9.17, 15) is 4.39 Å². The van der Waals surface area contributed by atoms with Gasteiger partial charge in [-0.2, -0.15) is 0 Å². The lowest BCUT2D eigenvalue weighted by atomic mass is 10.2. The lowest BCUT2D eigenvalue weighted by molar-refractivity contribution is -0.001000. The summed E-state index contributed by atoms with van der Waals surface area (Å²) in [6.45, 7) is 2.68. The van der Waals surface area contributed by atoms with E-state index in [1.54, 1.807) is 12.1 Å². The standard InChI is InChI=1S/C16H20ClFN2O.2ClH/c1-20(2)9-3-8-19-11-13-5-7-16(21-13)12-4-6-15(18)14(17)10-12;;/h4-7,10,19H,3,8-9,11H2,1-2H3;2*1H/p-2. The van der Waals surface area contributed by atoms with Gasteiger partial charge in [-0.15, -0.1) is 0 Å². The molecule has 0 saturated carbocycles. The normalized spacial score (nSPS) is 10.3. The van der Waals surface area contributed by atoms with E-state index in [-0.39, 0.29) is 29.8 Å². The summed E-state index contributed by atoms with van der Waals surface area (Å²) < 4.78 is 18.9. The molecule has 7 heteroatoms. The average Bonchev–Trinajstić information content (AvgIpc) is 2.90. The Bertz CT molecular complexity index is 590. The Morgan fingerprint density at radius 3 is 2.57 bits per heavy atom. The summed E-state index contributed by atoms with van der Waals surface area (Å²) in [6, 6.07) is 8.38. The van der Waals surface area contributed by atoms with Crippen LogP contribution < -0.4 is 30.1 Å². The fourth-order valence-corrected chi connectivity index (χ4v) is 2.19. The van der Waals surface area contributed by atoms with Crippen LogP contribution in [-0.2, 0) is 6.54 Å². The van der Waals surface area contributed by atoms with E-state index in [0.717, 1.165) is 30.8 Å². The SMILES string of the molecule is CN(C)CCCNCc1ccc(-c2ccc(F)c(Cl)c2)o1.[Cl-].[Cl-]. The third-order valence-corrected chi connectivity index (χ3v) is 3.41. The molecule has 0 atom stereocenters. The van der Waals surface area contributed by atoms with Gasteiger partial charge in [-0.1, -0.05) is 11.6 Å². The van der Waals surface area contributed by atoms with E-state index in [2.05, 4.69) is 24.3 Å². The Morgan fingerprint density at radius 2 is 1.91 bits per heavy atom. The molecule has 0 amide bonds. The van der Waals surface area contributed by atoms with Gasteiger partial charge < -0.3 is 39.4 Å². The Hall–Kier alpha value is -0.780. The average molecular weight is 382 g/mol. The van der Waals surface area contributed by atoms with Crippen LogP contribution in [0.15, 0.2) is 34.7 Å². The van der Waals surface area contributed by atoms with E-state index >= 15 is 0 Å². The third-order valence-electron chi connectivity index (χ3n) is 3.12. The number of hydrogen-bond acceptors (Lipinski definition) is 3. The lowest BCUT2D eigenvalue weighted by Crippen LogP contribution is -3.00. The Labute approximate surface area is 154 Å². The van der Waals surface area contributed by atoms with Crippen molar-refractivity contribution in [2.45, 2.75) is 13.0 Å². The number of hydrogen-bond donors (Lipinski definition) is 1. The van der Waals surface area contributed by atoms with Crippen LogP contribution >= 0.6 is 11.6 Å². The van der Waals surface area contributed by atoms with Crippen molar-refractivity contribution in [3.8, 4) is 11.3 Å². The van der Waals surface area contributed by atoms with Gasteiger partial charge in [-0.25, -0.2) is 4.39 Å². The van der Waals surface area contributed by atoms with Crippen LogP contribution in [0.1, 0.15) is 12.2 Å². The molecule has 130 valence electrons. The molecule has 1 aromatic carbocycles. The first-order valence-corrected chi connectivity index (χ1v) is 7.33. The van der Waals surface area contributed by atoms with Gasteiger partial charge in [-0.05, 0) is 63.9 Å². The molecule has 23 heavy (non-hydrogen) atoms. The number of nitrogens with one attached hydrogen (secondary N) is 1. The van der Waals surface area contributed by atoms with Gasteiger partial charge in [-0.3, -0.25) is 0 Å². The van der Waals surface area contributed by atoms with E-state index in [0.29, 0.717) is 12.3 Å². The molecule has 0 bridgehead atoms. The number of furan rings is 1. The molecule has 0 unspecified atom stereocenters. The molecule has 1 heterocycles. The molecule has 1 N–H and O–H groups in total. The molecule has 3 nitrogen and oxygen atoms in total. The predicted molar refractivity (Wildman–Crippen MR) is 84.0 cm³/mol. The molecule has 0 radical (unpaired) electrons. The lowest BCUT2D eigenvalue weighted by Gasteiger charge is -2.09. The summed E-state index contributed by atoms with van der Waals surface area (Å²) in [4.78, 5) is 2.16. The highest BCUT2D eigenvalue weighted by Gasteiger charge is 2.07. The van der Waals surface area contributed by atoms with Crippen molar-refractivity contribution < 1.29 is 33.6 Å². The summed E-state index contributed by atoms with van der Waals surface area (Å²) >= 11 is 5.78. The second-order valence-electron chi connectivity index (χ2n) is 5.23. The Morgan fingerprint density at radius 1 is 1.17 bits per heavy atom. The molecule has 0 saturated heterocycles. The van der Waals surface area contributed by atoms with Gasteiger partial charge in [0.25, 0.3) is 0 Å². The van der Waals surface area contributed by atoms with Crippen molar-refractivity contribution in [1.82, 2.24) is 10.2 Å². The molecule has 0 aliphatic heterocycles. The molecule has 2 rings (SSSR count). The van der Waals surface area contributed by atoms with E-state index < -0.39 is 5.82 Å². The van der Waals surface area contributed by atoms with Crippen LogP contribution in [0, 0.1) is 5.82 Å². The maximum Gasteiger partial charge on any atom is 0.141 e. The minimum absolute atomic E-state index is 0. The summed E-state index contributed by atoms with van der Waals surface area (Å²) in [5, 5.41) is 3.44. The largest absolute Gasteiger partial charge is 1.00 e. The van der Waals surface area contributed by atoms with E-state index in [1.807, 2.05) is 12.1 Å². The van der Waals surface area contributed by atoms with Gasteiger partial charge in [0.1, 0.15) is 17.3 Å². The van der Waals surface area contributed by atoms with Crippen LogP contribution in [0.4, 0.5) is 4.39 Å². The van der Waals surface area contributed by atoms with Gasteiger partial charge in [0, 0.05) is 5.56 Å². The number of benzene rings is 1. The zero-order chi connectivity index (χ0) is 15.2. The zero-order valence-electron chi connectivity index (χ0n) is 13.1. The summed E-state index contributed by atoms with van der Waals surface area (Å²) in [5.41, 5.74) is 0.778. The highest BCUT2D eigenvalue weighted by molar-refractivity contribution is 6.31. The summed E-state index contributed by atoms with van der Waals surface area (Å²) in [5.74, 6) is 1.13. The highest BCUT2D eigenvalue weighted by Crippen LogP contribution is 2.26. The van der Waals surface area contributed by atoms with Crippen molar-refractivity contribution in [2.24, 2.45) is 0 Å². The molecule has 0 aliphatic carbocycles. The second kappa shape index (κ2) is 10.9. The van der Waals surface area contributed by atoms with Gasteiger partial charge in [0.15, 0.2) is 0 Å². The minimum atomic E-state index is -0.422. The summed E-state index contributed by atoms with van der Waals surface area (Å²) in [7, 11) is 4.12. The Kier molecular flexibility index (Phi) is 10.5. The first-order chi connectivity index (χ1) is 10.1. The molecule has 1 aromatic heterocycles. The predicted octanol–water partition coefficient (Wildman–Crippen LogP) is -2.21. The van der Waals surface area contributed by atoms with E-state index in [4.69, 9.17) is 16.0 Å². The van der Waals surface area contributed by atoms with Gasteiger partial charge >= 0.3 is 0 Å². The smallest absolute Gasteiger partial charge is 0.141 e. The molecular weight excluding hydrogens is 362 g/mol. The Balaban J connectivity index is 0.00000242. The number of nitrogens with zero attached hydrogens (tertiary/aromatic N) is 1. The van der Waals surface area contributed by atoms with Crippen molar-refractivity contribution in [2.75, 3.05) is 27.2 Å². The summed E-state index contributed by atoms with van der Waals surface area (Å²) in [6.07, 6.45) is 1.09. The number of rotatable bonds is 7. The van der Waals surface area contributed by atoms with Gasteiger partial charge in [0.2, 0.25) is 0 Å². The molecular formula is C16H20Cl3FN2O-2. The number of halogens is 4. The van der Waals surface area contributed by atoms with Crippen LogP contribution in [0.3, 0.4) is 0 Å². The molecule has 2 aromatic rings. The highest BCUT2D eigenvalue weighted by atomic mass is 35.5. The first kappa shape index (κ1) is 22.2. The van der Waals surface area contributed by atoms with Crippen LogP contribution in [0.25, 0.3) is 11.3 Å². The fraction of sp³-hybridized carbons (Fsp3) is 0.375. The van der Waals surface area contributed by atoms with E-state index in [1.165, 1.54) is 6.07 Å². The monoisotopic (exact) mass is 380 g/mol. The maximum atomic E-state index is 13.1. The van der Waals surface area contributed by atoms with Crippen molar-refractivity contribution in [3.05, 3.63) is 46.9 Å². The van der Waals surface area contributed by atoms with Crippen molar-refractivity contribution in [3.63, 3.8) is 0 Å². The van der Waals surface area contributed by atoms with Crippen LogP contribution in [0.5, 0.6) is 0 Å². The third kappa shape index (κ3) is 7.10. The van der Waals surface area contributed by atoms with Gasteiger partial charge in [0.05, 0.1) is 11.6 Å². The first-order valence-electron chi connectivity index (χ1n) is 6.96. The van der Waals surface area contributed by atoms with Crippen molar-refractivity contribution in [1.29, 1.82) is 0 Å². The fourth-order valence-electron chi connectivity index (χ4n) is 2.01. The minimum Gasteiger partial charge on any atom is -1.00 e. The maximum absolute atomic E-state index is 13.1. The van der Waals surface area contributed by atoms with Crippen LogP contribution in [0.2, 0.25) is 5.02 Å². The zero-order valence-corrected chi connectivity index (χ0v) is 15.4. The topological polar surface area (TPSA) is 28.4 Å².